The van der Waals surface area contributed by atoms with Gasteiger partial charge in [0.05, 0.1) is 20.0 Å². The molecule has 0 radical (unpaired) electrons. The van der Waals surface area contributed by atoms with Crippen molar-refractivity contribution >= 4 is 21.7 Å². The van der Waals surface area contributed by atoms with Crippen molar-refractivity contribution in [3.8, 4) is 11.5 Å². The highest BCUT2D eigenvalue weighted by Gasteiger charge is 2.29. The van der Waals surface area contributed by atoms with Crippen molar-refractivity contribution < 1.29 is 27.2 Å². The third kappa shape index (κ3) is 5.61. The van der Waals surface area contributed by atoms with Gasteiger partial charge in [-0.25, -0.2) is 0 Å². The molecule has 0 aromatic heterocycles. The van der Waals surface area contributed by atoms with Crippen molar-refractivity contribution in [1.82, 2.24) is 0 Å². The Morgan fingerprint density at radius 3 is 2.36 bits per heavy atom. The zero-order valence-corrected chi connectivity index (χ0v) is 15.3. The average molecular weight is 387 g/mol. The molecule has 2 rings (SSSR count). The fourth-order valence-corrected chi connectivity index (χ4v) is 3.05. The third-order valence-electron chi connectivity index (χ3n) is 3.32. The van der Waals surface area contributed by atoms with Crippen LogP contribution in [0.2, 0.25) is 5.02 Å². The van der Waals surface area contributed by atoms with Crippen LogP contribution in [0.3, 0.4) is 0 Å². The molecule has 1 N–H and O–H groups in total. The Labute approximate surface area is 152 Å². The summed E-state index contributed by atoms with van der Waals surface area (Å²) in [6, 6.07) is 13.7. The van der Waals surface area contributed by atoms with Gasteiger partial charge >= 0.3 is 0 Å². The molecule has 2 aromatic carbocycles. The van der Waals surface area contributed by atoms with E-state index in [4.69, 9.17) is 25.3 Å². The van der Waals surface area contributed by atoms with Crippen LogP contribution in [-0.4, -0.2) is 39.6 Å². The average Bonchev–Trinajstić information content (AvgIpc) is 2.58. The van der Waals surface area contributed by atoms with Gasteiger partial charge in [0.2, 0.25) is 0 Å². The molecule has 0 unspecified atom stereocenters. The molecule has 0 aliphatic rings. The van der Waals surface area contributed by atoms with E-state index in [9.17, 15) is 13.5 Å². The van der Waals surface area contributed by atoms with Crippen molar-refractivity contribution in [1.29, 1.82) is 0 Å². The Kier molecular flexibility index (Phi) is 6.66. The van der Waals surface area contributed by atoms with E-state index < -0.39 is 28.9 Å². The highest BCUT2D eigenvalue weighted by Crippen LogP contribution is 2.35. The molecule has 0 saturated heterocycles. The van der Waals surface area contributed by atoms with E-state index in [1.54, 1.807) is 42.5 Å². The molecule has 136 valence electrons. The molecule has 0 spiro atoms. The number of aliphatic hydroxyl groups is 1. The number of halogens is 1. The van der Waals surface area contributed by atoms with E-state index in [-0.39, 0.29) is 0 Å². The van der Waals surface area contributed by atoms with E-state index in [0.29, 0.717) is 22.1 Å². The first-order valence-electron chi connectivity index (χ1n) is 7.38. The second-order valence-electron chi connectivity index (χ2n) is 5.27. The van der Waals surface area contributed by atoms with Gasteiger partial charge in [-0.15, -0.1) is 0 Å². The van der Waals surface area contributed by atoms with Crippen LogP contribution < -0.4 is 9.47 Å². The van der Waals surface area contributed by atoms with Crippen LogP contribution in [-0.2, 0) is 14.3 Å². The lowest BCUT2D eigenvalue weighted by molar-refractivity contribution is 0.0180. The summed E-state index contributed by atoms with van der Waals surface area (Å²) in [5.41, 5.74) is 0.641. The molecule has 0 heterocycles. The molecule has 0 bridgehead atoms. The number of aliphatic hydroxyl groups excluding tert-OH is 1. The van der Waals surface area contributed by atoms with Gasteiger partial charge in [0.15, 0.2) is 17.6 Å². The van der Waals surface area contributed by atoms with Crippen molar-refractivity contribution in [2.45, 2.75) is 12.2 Å². The zero-order chi connectivity index (χ0) is 18.4. The molecule has 2 aromatic rings. The van der Waals surface area contributed by atoms with Crippen molar-refractivity contribution in [3.05, 3.63) is 59.1 Å². The van der Waals surface area contributed by atoms with E-state index in [1.807, 2.05) is 6.07 Å². The van der Waals surface area contributed by atoms with E-state index in [2.05, 4.69) is 0 Å². The maximum Gasteiger partial charge on any atom is 0.264 e. The van der Waals surface area contributed by atoms with Gasteiger partial charge in [0, 0.05) is 11.1 Å². The number of ether oxygens (including phenoxy) is 2. The second kappa shape index (κ2) is 8.53. The molecule has 0 saturated carbocycles. The molecular formula is C17H19ClO6S. The van der Waals surface area contributed by atoms with Crippen LogP contribution in [0.25, 0.3) is 0 Å². The summed E-state index contributed by atoms with van der Waals surface area (Å²) in [6.45, 7) is -0.553. The smallest absolute Gasteiger partial charge is 0.264 e. The Morgan fingerprint density at radius 2 is 1.80 bits per heavy atom. The van der Waals surface area contributed by atoms with Crippen LogP contribution in [0.1, 0.15) is 11.7 Å². The van der Waals surface area contributed by atoms with Gasteiger partial charge in [0.25, 0.3) is 10.1 Å². The van der Waals surface area contributed by atoms with Gasteiger partial charge < -0.3 is 14.6 Å². The molecule has 8 heteroatoms. The fourth-order valence-electron chi connectivity index (χ4n) is 2.28. The van der Waals surface area contributed by atoms with Crippen LogP contribution >= 0.6 is 11.6 Å². The number of methoxy groups -OCH3 is 1. The maximum absolute atomic E-state index is 11.5. The lowest BCUT2D eigenvalue weighted by atomic mass is 10.0. The van der Waals surface area contributed by atoms with Gasteiger partial charge in [-0.2, -0.15) is 8.42 Å². The summed E-state index contributed by atoms with van der Waals surface area (Å²) in [5.74, 6) is 0.723. The lowest BCUT2D eigenvalue weighted by Crippen LogP contribution is -2.32. The second-order valence-corrected chi connectivity index (χ2v) is 7.30. The first kappa shape index (κ1) is 19.5. The molecule has 0 aliphatic heterocycles. The summed E-state index contributed by atoms with van der Waals surface area (Å²) >= 11 is 5.95. The third-order valence-corrected chi connectivity index (χ3v) is 4.16. The number of hydrogen-bond acceptors (Lipinski definition) is 6. The monoisotopic (exact) mass is 386 g/mol. The standard InChI is InChI=1S/C17H19ClO6S/c1-22-15-10-13(18)8-9-14(15)23-17(12-6-4-3-5-7-12)16(11-19)24-25(2,20)21/h3-10,16-17,19H,11H2,1-2H3/t16-,17+/m1/s1. The molecule has 2 atom stereocenters. The number of benzene rings is 2. The van der Waals surface area contributed by atoms with Crippen molar-refractivity contribution in [3.63, 3.8) is 0 Å². The topological polar surface area (TPSA) is 82.1 Å². The summed E-state index contributed by atoms with van der Waals surface area (Å²) in [4.78, 5) is 0. The number of rotatable bonds is 8. The first-order chi connectivity index (χ1) is 11.8. The largest absolute Gasteiger partial charge is 0.493 e. The predicted molar refractivity (Wildman–Crippen MR) is 94.6 cm³/mol. The van der Waals surface area contributed by atoms with Gasteiger partial charge in [-0.3, -0.25) is 4.18 Å². The maximum atomic E-state index is 11.5. The quantitative estimate of drug-likeness (QED) is 0.702. The van der Waals surface area contributed by atoms with Crippen molar-refractivity contribution in [2.24, 2.45) is 0 Å². The highest BCUT2D eigenvalue weighted by molar-refractivity contribution is 7.86. The lowest BCUT2D eigenvalue weighted by Gasteiger charge is -2.27. The van der Waals surface area contributed by atoms with Crippen LogP contribution in [0.4, 0.5) is 0 Å². The molecule has 0 amide bonds. The Balaban J connectivity index is 2.42. The van der Waals surface area contributed by atoms with Crippen molar-refractivity contribution in [2.75, 3.05) is 20.0 Å². The van der Waals surface area contributed by atoms with Crippen LogP contribution in [0.15, 0.2) is 48.5 Å². The van der Waals surface area contributed by atoms with E-state index in [0.717, 1.165) is 6.26 Å². The minimum atomic E-state index is -3.80. The Hall–Kier alpha value is -1.80. The minimum Gasteiger partial charge on any atom is -0.493 e. The fraction of sp³-hybridized carbons (Fsp3) is 0.294. The SMILES string of the molecule is COc1cc(Cl)ccc1O[C@@H](c1ccccc1)[C@@H](CO)OS(C)(=O)=O. The normalized spacial score (nSPS) is 13.9. The minimum absolute atomic E-state index is 0.344. The van der Waals surface area contributed by atoms with E-state index >= 15 is 0 Å². The number of hydrogen-bond donors (Lipinski definition) is 1. The molecular weight excluding hydrogens is 368 g/mol. The zero-order valence-electron chi connectivity index (χ0n) is 13.8. The molecule has 0 aliphatic carbocycles. The Morgan fingerprint density at radius 1 is 1.12 bits per heavy atom. The van der Waals surface area contributed by atoms with Gasteiger partial charge in [-0.05, 0) is 17.7 Å². The van der Waals surface area contributed by atoms with E-state index in [1.165, 1.54) is 7.11 Å². The molecule has 0 fully saturated rings. The predicted octanol–water partition coefficient (Wildman–Crippen LogP) is 2.81. The Bertz CT molecular complexity index is 794. The molecule has 25 heavy (non-hydrogen) atoms. The summed E-state index contributed by atoms with van der Waals surface area (Å²) < 4.78 is 39.2. The highest BCUT2D eigenvalue weighted by atomic mass is 35.5. The van der Waals surface area contributed by atoms with Crippen LogP contribution in [0, 0.1) is 0 Å². The summed E-state index contributed by atoms with van der Waals surface area (Å²) in [5, 5.41) is 10.1. The summed E-state index contributed by atoms with van der Waals surface area (Å²) in [6.07, 6.45) is -1.09. The van der Waals surface area contributed by atoms with Gasteiger partial charge in [0.1, 0.15) is 6.10 Å². The van der Waals surface area contributed by atoms with Gasteiger partial charge in [-0.1, -0.05) is 41.9 Å². The first-order valence-corrected chi connectivity index (χ1v) is 9.57. The van der Waals surface area contributed by atoms with Crippen LogP contribution in [0.5, 0.6) is 11.5 Å². The molecule has 6 nitrogen and oxygen atoms in total. The summed E-state index contributed by atoms with van der Waals surface area (Å²) in [7, 11) is -2.33.